The molecule has 0 unspecified atom stereocenters. The summed E-state index contributed by atoms with van der Waals surface area (Å²) in [5.74, 6) is 0.462. The van der Waals surface area contributed by atoms with E-state index in [9.17, 15) is 18.0 Å². The number of carbonyl (C=O) groups is 2. The van der Waals surface area contributed by atoms with Crippen molar-refractivity contribution >= 4 is 27.5 Å². The number of amides is 2. The number of sulfonamides is 1. The minimum atomic E-state index is -3.59. The Morgan fingerprint density at radius 3 is 2.00 bits per heavy atom. The van der Waals surface area contributed by atoms with Gasteiger partial charge in [-0.05, 0) is 47.7 Å². The maximum Gasteiger partial charge on any atom is 0.243 e. The molecule has 9 heteroatoms. The third-order valence-electron chi connectivity index (χ3n) is 6.66. The Labute approximate surface area is 244 Å². The summed E-state index contributed by atoms with van der Waals surface area (Å²) >= 11 is 0. The standard InChI is InChI=1S/C32H41N3O5S/c1-25(2)23-33-32(37)30(22-26-12-7-5-8-13-26)34(24-27-14-9-6-10-15-27)31(36)16-11-21-35(41(4,38)39)28-17-19-29(40-3)20-18-28/h5-10,12-15,17-20,25,30H,11,16,21-24H2,1-4H3,(H,33,37)/t30-/m1/s1. The summed E-state index contributed by atoms with van der Waals surface area (Å²) in [6.07, 6.45) is 1.88. The highest BCUT2D eigenvalue weighted by Gasteiger charge is 2.30. The van der Waals surface area contributed by atoms with Gasteiger partial charge in [0.1, 0.15) is 11.8 Å². The molecule has 41 heavy (non-hydrogen) atoms. The molecule has 0 heterocycles. The highest BCUT2D eigenvalue weighted by molar-refractivity contribution is 7.92. The maximum atomic E-state index is 13.8. The van der Waals surface area contributed by atoms with Gasteiger partial charge in [0.15, 0.2) is 0 Å². The third-order valence-corrected chi connectivity index (χ3v) is 7.86. The first-order valence-corrected chi connectivity index (χ1v) is 15.7. The molecule has 1 atom stereocenters. The molecule has 3 aromatic rings. The van der Waals surface area contributed by atoms with Crippen molar-refractivity contribution in [1.29, 1.82) is 0 Å². The van der Waals surface area contributed by atoms with Crippen LogP contribution in [0, 0.1) is 5.92 Å². The van der Waals surface area contributed by atoms with Gasteiger partial charge in [0.05, 0.1) is 19.1 Å². The van der Waals surface area contributed by atoms with E-state index in [0.29, 0.717) is 24.4 Å². The number of benzene rings is 3. The van der Waals surface area contributed by atoms with Crippen molar-refractivity contribution < 1.29 is 22.7 Å². The number of nitrogens with zero attached hydrogens (tertiary/aromatic N) is 2. The maximum absolute atomic E-state index is 13.8. The van der Waals surface area contributed by atoms with Crippen LogP contribution < -0.4 is 14.4 Å². The van der Waals surface area contributed by atoms with Gasteiger partial charge >= 0.3 is 0 Å². The Hall–Kier alpha value is -3.85. The summed E-state index contributed by atoms with van der Waals surface area (Å²) in [5.41, 5.74) is 2.36. The first kappa shape index (κ1) is 31.7. The predicted molar refractivity (Wildman–Crippen MR) is 163 cm³/mol. The summed E-state index contributed by atoms with van der Waals surface area (Å²) in [6.45, 7) is 4.94. The Balaban J connectivity index is 1.84. The van der Waals surface area contributed by atoms with Gasteiger partial charge in [0, 0.05) is 32.5 Å². The molecular weight excluding hydrogens is 538 g/mol. The van der Waals surface area contributed by atoms with E-state index in [0.717, 1.165) is 17.4 Å². The van der Waals surface area contributed by atoms with E-state index in [-0.39, 0.29) is 43.7 Å². The lowest BCUT2D eigenvalue weighted by Gasteiger charge is -2.32. The number of rotatable bonds is 15. The molecule has 0 saturated heterocycles. The summed E-state index contributed by atoms with van der Waals surface area (Å²) in [4.78, 5) is 29.0. The molecule has 8 nitrogen and oxygen atoms in total. The second-order valence-corrected chi connectivity index (χ2v) is 12.4. The third kappa shape index (κ3) is 9.93. The van der Waals surface area contributed by atoms with E-state index in [1.165, 1.54) is 4.31 Å². The Morgan fingerprint density at radius 2 is 1.46 bits per heavy atom. The van der Waals surface area contributed by atoms with Gasteiger partial charge in [-0.25, -0.2) is 8.42 Å². The van der Waals surface area contributed by atoms with E-state index in [2.05, 4.69) is 5.32 Å². The molecule has 0 aliphatic carbocycles. The SMILES string of the molecule is COc1ccc(N(CCCC(=O)N(Cc2ccccc2)[C@H](Cc2ccccc2)C(=O)NCC(C)C)S(C)(=O)=O)cc1. The van der Waals surface area contributed by atoms with Crippen LogP contribution >= 0.6 is 0 Å². The molecule has 220 valence electrons. The summed E-state index contributed by atoms with van der Waals surface area (Å²) in [7, 11) is -2.04. The fourth-order valence-electron chi connectivity index (χ4n) is 4.51. The van der Waals surface area contributed by atoms with Crippen LogP contribution in [-0.4, -0.2) is 57.6 Å². The van der Waals surface area contributed by atoms with E-state index < -0.39 is 16.1 Å². The number of methoxy groups -OCH3 is 1. The first-order chi connectivity index (χ1) is 19.6. The number of nitrogens with one attached hydrogen (secondary N) is 1. The molecule has 3 aromatic carbocycles. The molecule has 0 saturated carbocycles. The van der Waals surface area contributed by atoms with Crippen LogP contribution in [0.3, 0.4) is 0 Å². The molecule has 0 fully saturated rings. The van der Waals surface area contributed by atoms with Gasteiger partial charge in [0.2, 0.25) is 21.8 Å². The Bertz CT molecular complexity index is 1350. The number of carbonyl (C=O) groups excluding carboxylic acids is 2. The van der Waals surface area contributed by atoms with Crippen molar-refractivity contribution in [3.63, 3.8) is 0 Å². The second kappa shape index (κ2) is 15.2. The molecule has 0 radical (unpaired) electrons. The number of hydrogen-bond donors (Lipinski definition) is 1. The molecule has 0 aliphatic rings. The van der Waals surface area contributed by atoms with Crippen LogP contribution in [0.15, 0.2) is 84.9 Å². The zero-order valence-corrected chi connectivity index (χ0v) is 25.1. The highest BCUT2D eigenvalue weighted by atomic mass is 32.2. The van der Waals surface area contributed by atoms with Crippen LogP contribution in [0.5, 0.6) is 5.75 Å². The molecular formula is C32H41N3O5S. The molecule has 3 rings (SSSR count). The van der Waals surface area contributed by atoms with Crippen LogP contribution in [-0.2, 0) is 32.6 Å². The van der Waals surface area contributed by atoms with Gasteiger partial charge in [-0.2, -0.15) is 0 Å². The molecule has 0 aliphatic heterocycles. The molecule has 0 bridgehead atoms. The normalized spacial score (nSPS) is 12.0. The average Bonchev–Trinajstić information content (AvgIpc) is 2.96. The quantitative estimate of drug-likeness (QED) is 0.283. The first-order valence-electron chi connectivity index (χ1n) is 13.8. The predicted octanol–water partition coefficient (Wildman–Crippen LogP) is 4.65. The van der Waals surface area contributed by atoms with E-state index >= 15 is 0 Å². The molecule has 2 amide bonds. The molecule has 0 spiro atoms. The lowest BCUT2D eigenvalue weighted by atomic mass is 10.0. The largest absolute Gasteiger partial charge is 0.497 e. The van der Waals surface area contributed by atoms with E-state index in [1.807, 2.05) is 74.5 Å². The van der Waals surface area contributed by atoms with Gasteiger partial charge in [-0.3, -0.25) is 13.9 Å². The topological polar surface area (TPSA) is 96.0 Å². The number of ether oxygens (including phenoxy) is 1. The fraction of sp³-hybridized carbons (Fsp3) is 0.375. The minimum absolute atomic E-state index is 0.0811. The summed E-state index contributed by atoms with van der Waals surface area (Å²) < 4.78 is 31.7. The van der Waals surface area contributed by atoms with Crippen LogP contribution in [0.1, 0.15) is 37.8 Å². The van der Waals surface area contributed by atoms with Crippen molar-refractivity contribution in [2.75, 3.05) is 30.8 Å². The van der Waals surface area contributed by atoms with Crippen LogP contribution in [0.4, 0.5) is 5.69 Å². The van der Waals surface area contributed by atoms with Crippen LogP contribution in [0.25, 0.3) is 0 Å². The van der Waals surface area contributed by atoms with Crippen molar-refractivity contribution in [3.8, 4) is 5.75 Å². The minimum Gasteiger partial charge on any atom is -0.497 e. The Kier molecular flexibility index (Phi) is 11.8. The van der Waals surface area contributed by atoms with Gasteiger partial charge < -0.3 is 15.0 Å². The Morgan fingerprint density at radius 1 is 0.878 bits per heavy atom. The number of hydrogen-bond acceptors (Lipinski definition) is 5. The lowest BCUT2D eigenvalue weighted by Crippen LogP contribution is -2.51. The zero-order chi connectivity index (χ0) is 29.8. The van der Waals surface area contributed by atoms with Gasteiger partial charge in [-0.15, -0.1) is 0 Å². The fourth-order valence-corrected chi connectivity index (χ4v) is 5.47. The van der Waals surface area contributed by atoms with E-state index in [4.69, 9.17) is 4.74 Å². The second-order valence-electron chi connectivity index (χ2n) is 10.5. The van der Waals surface area contributed by atoms with E-state index in [1.54, 1.807) is 36.3 Å². The smallest absolute Gasteiger partial charge is 0.243 e. The van der Waals surface area contributed by atoms with Gasteiger partial charge in [0.25, 0.3) is 0 Å². The van der Waals surface area contributed by atoms with Crippen molar-refractivity contribution in [1.82, 2.24) is 10.2 Å². The lowest BCUT2D eigenvalue weighted by molar-refractivity contribution is -0.141. The monoisotopic (exact) mass is 579 g/mol. The van der Waals surface area contributed by atoms with Crippen molar-refractivity contribution in [2.45, 2.75) is 45.7 Å². The van der Waals surface area contributed by atoms with Gasteiger partial charge in [-0.1, -0.05) is 74.5 Å². The molecule has 0 aromatic heterocycles. The summed E-state index contributed by atoms with van der Waals surface area (Å²) in [6, 6.07) is 25.3. The average molecular weight is 580 g/mol. The molecule has 1 N–H and O–H groups in total. The van der Waals surface area contributed by atoms with Crippen LogP contribution in [0.2, 0.25) is 0 Å². The van der Waals surface area contributed by atoms with Crippen molar-refractivity contribution in [2.24, 2.45) is 5.92 Å². The number of anilines is 1. The highest BCUT2D eigenvalue weighted by Crippen LogP contribution is 2.23. The van der Waals surface area contributed by atoms with Crippen molar-refractivity contribution in [3.05, 3.63) is 96.1 Å². The zero-order valence-electron chi connectivity index (χ0n) is 24.3. The summed E-state index contributed by atoms with van der Waals surface area (Å²) in [5, 5.41) is 3.02.